The zero-order chi connectivity index (χ0) is 7.40. The van der Waals surface area contributed by atoms with Crippen LogP contribution in [0.2, 0.25) is 0 Å². The molecule has 1 aromatic rings. The first-order chi connectivity index (χ1) is 4.83. The van der Waals surface area contributed by atoms with Crippen molar-refractivity contribution < 1.29 is 0 Å². The summed E-state index contributed by atoms with van der Waals surface area (Å²) in [5.41, 5.74) is 2.52. The molecule has 52 valence electrons. The summed E-state index contributed by atoms with van der Waals surface area (Å²) in [6, 6.07) is 8.38. The molecule has 0 fully saturated rings. The van der Waals surface area contributed by atoms with Crippen molar-refractivity contribution in [2.45, 2.75) is 6.92 Å². The first-order valence-corrected chi connectivity index (χ1v) is 4.08. The van der Waals surface area contributed by atoms with Crippen molar-refractivity contribution in [3.05, 3.63) is 40.4 Å². The standard InChI is InChI=1S/C9H9Br/c1-8-2-4-9(5-3-8)6-7-10/h2-7H,1H3. The van der Waals surface area contributed by atoms with E-state index in [2.05, 4.69) is 47.1 Å². The minimum atomic E-state index is 1.22. The molecular formula is C9H9Br. The average Bonchev–Trinajstić information content (AvgIpc) is 1.95. The van der Waals surface area contributed by atoms with Crippen LogP contribution in [0.5, 0.6) is 0 Å². The van der Waals surface area contributed by atoms with Crippen LogP contribution in [0.3, 0.4) is 0 Å². The summed E-state index contributed by atoms with van der Waals surface area (Å²) in [7, 11) is 0. The van der Waals surface area contributed by atoms with Gasteiger partial charge in [-0.25, -0.2) is 0 Å². The Kier molecular flexibility index (Phi) is 2.69. The van der Waals surface area contributed by atoms with E-state index in [1.165, 1.54) is 11.1 Å². The molecule has 0 unspecified atom stereocenters. The number of benzene rings is 1. The van der Waals surface area contributed by atoms with Crippen LogP contribution in [0.4, 0.5) is 0 Å². The number of hydrogen-bond acceptors (Lipinski definition) is 0. The zero-order valence-corrected chi connectivity index (χ0v) is 7.43. The number of halogens is 1. The van der Waals surface area contributed by atoms with Crippen LogP contribution < -0.4 is 0 Å². The normalized spacial score (nSPS) is 10.6. The van der Waals surface area contributed by atoms with E-state index in [1.807, 2.05) is 11.1 Å². The quantitative estimate of drug-likeness (QED) is 0.647. The maximum Gasteiger partial charge on any atom is -0.0183 e. The molecule has 0 atom stereocenters. The molecule has 0 saturated carbocycles. The minimum absolute atomic E-state index is 1.22. The molecule has 0 aliphatic rings. The molecule has 0 aliphatic heterocycles. The van der Waals surface area contributed by atoms with E-state index in [9.17, 15) is 0 Å². The van der Waals surface area contributed by atoms with Crippen LogP contribution in [0.1, 0.15) is 11.1 Å². The van der Waals surface area contributed by atoms with E-state index < -0.39 is 0 Å². The van der Waals surface area contributed by atoms with E-state index in [1.54, 1.807) is 0 Å². The Bertz CT molecular complexity index is 221. The zero-order valence-electron chi connectivity index (χ0n) is 5.84. The molecule has 0 bridgehead atoms. The molecule has 0 saturated heterocycles. The highest BCUT2D eigenvalue weighted by Crippen LogP contribution is 2.05. The molecule has 10 heavy (non-hydrogen) atoms. The van der Waals surface area contributed by atoms with Gasteiger partial charge < -0.3 is 0 Å². The molecular weight excluding hydrogens is 188 g/mol. The summed E-state index contributed by atoms with van der Waals surface area (Å²) >= 11 is 3.22. The van der Waals surface area contributed by atoms with Crippen molar-refractivity contribution in [3.63, 3.8) is 0 Å². The fourth-order valence-electron chi connectivity index (χ4n) is 0.750. The minimum Gasteiger partial charge on any atom is -0.0595 e. The topological polar surface area (TPSA) is 0 Å². The molecule has 1 heteroatoms. The Morgan fingerprint density at radius 2 is 1.80 bits per heavy atom. The largest absolute Gasteiger partial charge is 0.0595 e. The van der Waals surface area contributed by atoms with Crippen LogP contribution in [0.15, 0.2) is 29.3 Å². The average molecular weight is 197 g/mol. The Hall–Kier alpha value is -0.560. The smallest absolute Gasteiger partial charge is 0.0183 e. The Balaban J connectivity index is 2.89. The second-order valence-corrected chi connectivity index (χ2v) is 2.73. The molecule has 0 radical (unpaired) electrons. The number of aryl methyl sites for hydroxylation is 1. The molecule has 0 amide bonds. The highest BCUT2D eigenvalue weighted by molar-refractivity contribution is 9.11. The van der Waals surface area contributed by atoms with Gasteiger partial charge in [-0.15, -0.1) is 0 Å². The maximum atomic E-state index is 3.22. The Morgan fingerprint density at radius 3 is 2.30 bits per heavy atom. The van der Waals surface area contributed by atoms with Crippen molar-refractivity contribution in [1.29, 1.82) is 0 Å². The van der Waals surface area contributed by atoms with E-state index in [-0.39, 0.29) is 0 Å². The van der Waals surface area contributed by atoms with Crippen molar-refractivity contribution >= 4 is 22.0 Å². The van der Waals surface area contributed by atoms with Gasteiger partial charge in [-0.2, -0.15) is 0 Å². The summed E-state index contributed by atoms with van der Waals surface area (Å²) in [6.45, 7) is 2.08. The highest BCUT2D eigenvalue weighted by atomic mass is 79.9. The molecule has 0 heterocycles. The summed E-state index contributed by atoms with van der Waals surface area (Å²) in [5.74, 6) is 0. The summed E-state index contributed by atoms with van der Waals surface area (Å²) in [4.78, 5) is 1.86. The van der Waals surface area contributed by atoms with E-state index in [4.69, 9.17) is 0 Å². The molecule has 0 spiro atoms. The fraction of sp³-hybridized carbons (Fsp3) is 0.111. The number of rotatable bonds is 1. The second kappa shape index (κ2) is 3.57. The second-order valence-electron chi connectivity index (χ2n) is 2.20. The van der Waals surface area contributed by atoms with Crippen LogP contribution in [-0.4, -0.2) is 0 Å². The predicted octanol–water partition coefficient (Wildman–Crippen LogP) is 3.36. The van der Waals surface area contributed by atoms with Crippen molar-refractivity contribution in [3.8, 4) is 0 Å². The van der Waals surface area contributed by atoms with Gasteiger partial charge in [0.2, 0.25) is 0 Å². The summed E-state index contributed by atoms with van der Waals surface area (Å²) < 4.78 is 0. The SMILES string of the molecule is Cc1ccc(C=CBr)cc1. The van der Waals surface area contributed by atoms with Crippen molar-refractivity contribution in [1.82, 2.24) is 0 Å². The lowest BCUT2D eigenvalue weighted by molar-refractivity contribution is 1.46. The van der Waals surface area contributed by atoms with Gasteiger partial charge in [-0.3, -0.25) is 0 Å². The molecule has 0 aliphatic carbocycles. The third-order valence-corrected chi connectivity index (χ3v) is 1.60. The van der Waals surface area contributed by atoms with E-state index >= 15 is 0 Å². The Morgan fingerprint density at radius 1 is 1.20 bits per heavy atom. The van der Waals surface area contributed by atoms with Gasteiger partial charge in [-0.1, -0.05) is 45.8 Å². The molecule has 0 N–H and O–H groups in total. The molecule has 0 aromatic heterocycles. The molecule has 0 nitrogen and oxygen atoms in total. The fourth-order valence-corrected chi connectivity index (χ4v) is 1.06. The van der Waals surface area contributed by atoms with Gasteiger partial charge >= 0.3 is 0 Å². The first kappa shape index (κ1) is 7.55. The van der Waals surface area contributed by atoms with Crippen LogP contribution in [-0.2, 0) is 0 Å². The van der Waals surface area contributed by atoms with Gasteiger partial charge in [0.1, 0.15) is 0 Å². The third-order valence-electron chi connectivity index (χ3n) is 1.33. The van der Waals surface area contributed by atoms with Crippen molar-refractivity contribution in [2.75, 3.05) is 0 Å². The van der Waals surface area contributed by atoms with Gasteiger partial charge in [0.15, 0.2) is 0 Å². The summed E-state index contributed by atoms with van der Waals surface area (Å²) in [5, 5.41) is 0. The lowest BCUT2D eigenvalue weighted by atomic mass is 10.2. The lowest BCUT2D eigenvalue weighted by Crippen LogP contribution is -1.71. The predicted molar refractivity (Wildman–Crippen MR) is 49.1 cm³/mol. The Labute approximate surface area is 69.7 Å². The molecule has 1 rings (SSSR count). The lowest BCUT2D eigenvalue weighted by Gasteiger charge is -1.92. The third kappa shape index (κ3) is 1.99. The van der Waals surface area contributed by atoms with Gasteiger partial charge in [-0.05, 0) is 23.5 Å². The van der Waals surface area contributed by atoms with Gasteiger partial charge in [0.05, 0.1) is 0 Å². The first-order valence-electron chi connectivity index (χ1n) is 3.16. The van der Waals surface area contributed by atoms with Gasteiger partial charge in [0.25, 0.3) is 0 Å². The van der Waals surface area contributed by atoms with Crippen LogP contribution in [0.25, 0.3) is 6.08 Å². The van der Waals surface area contributed by atoms with Gasteiger partial charge in [0, 0.05) is 0 Å². The maximum absolute atomic E-state index is 3.22. The molecule has 1 aromatic carbocycles. The van der Waals surface area contributed by atoms with Crippen LogP contribution in [0, 0.1) is 6.92 Å². The summed E-state index contributed by atoms with van der Waals surface area (Å²) in [6.07, 6.45) is 2.01. The van der Waals surface area contributed by atoms with Crippen molar-refractivity contribution in [2.24, 2.45) is 0 Å². The monoisotopic (exact) mass is 196 g/mol. The highest BCUT2D eigenvalue weighted by Gasteiger charge is 1.83. The van der Waals surface area contributed by atoms with Crippen LogP contribution >= 0.6 is 15.9 Å². The van der Waals surface area contributed by atoms with E-state index in [0.717, 1.165) is 0 Å². The van der Waals surface area contributed by atoms with E-state index in [0.29, 0.717) is 0 Å². The number of hydrogen-bond donors (Lipinski definition) is 0.